The van der Waals surface area contributed by atoms with Crippen molar-refractivity contribution in [3.8, 4) is 5.75 Å². The van der Waals surface area contributed by atoms with Crippen molar-refractivity contribution in [2.45, 2.75) is 62.3 Å². The van der Waals surface area contributed by atoms with E-state index in [1.165, 1.54) is 35.4 Å². The number of halogens is 6. The zero-order chi connectivity index (χ0) is 39.5. The molecule has 0 saturated carbocycles. The summed E-state index contributed by atoms with van der Waals surface area (Å²) in [6.07, 6.45) is 1.63. The first-order valence-electron chi connectivity index (χ1n) is 18.6. The predicted molar refractivity (Wildman–Crippen MR) is 197 cm³/mol. The highest BCUT2D eigenvalue weighted by Crippen LogP contribution is 2.39. The first-order valence-corrected chi connectivity index (χ1v) is 20.0. The number of alkyl halides is 6. The van der Waals surface area contributed by atoms with E-state index in [1.807, 2.05) is 12.1 Å². The first-order chi connectivity index (χ1) is 26.0. The van der Waals surface area contributed by atoms with Crippen LogP contribution in [0.5, 0.6) is 5.75 Å². The standard InChI is InChI=1S/C23H26F3N3O.C16H21F3N2O3S/c1-28-11-13-29(14-12-28)21-4-2-3-16-7-10-19(15-20(16)21)27-22(30)17-5-8-18(9-6-17)23(24,25)26;1-20-7-9-21(10-8-20)15-4-2-3-12-5-6-13(11-14(12)15)24-25(22,23)16(17,18)19/h5-10,15,21H,2-4,11-14H2,1H3,(H,27,30);5-6,11,15H,2-4,7-10H2,1H3. The van der Waals surface area contributed by atoms with E-state index in [0.717, 1.165) is 114 Å². The molecule has 3 aromatic carbocycles. The van der Waals surface area contributed by atoms with Crippen molar-refractivity contribution < 1.29 is 43.7 Å². The average Bonchev–Trinajstić information content (AvgIpc) is 3.14. The molecular formula is C39H47F6N5O4S. The van der Waals surface area contributed by atoms with Gasteiger partial charge in [0, 0.05) is 75.7 Å². The highest BCUT2D eigenvalue weighted by Gasteiger charge is 2.48. The highest BCUT2D eigenvalue weighted by atomic mass is 32.2. The Morgan fingerprint density at radius 2 is 1.18 bits per heavy atom. The molecule has 2 saturated heterocycles. The summed E-state index contributed by atoms with van der Waals surface area (Å²) < 4.78 is 103. The van der Waals surface area contributed by atoms with Gasteiger partial charge in [-0.15, -0.1) is 0 Å². The number of rotatable bonds is 6. The fourth-order valence-corrected chi connectivity index (χ4v) is 8.32. The fraction of sp³-hybridized carbons (Fsp3) is 0.513. The second-order valence-electron chi connectivity index (χ2n) is 14.8. The van der Waals surface area contributed by atoms with E-state index in [4.69, 9.17) is 0 Å². The number of carbonyl (C=O) groups excluding carboxylic acids is 1. The zero-order valence-corrected chi connectivity index (χ0v) is 31.7. The molecule has 1 amide bonds. The van der Waals surface area contributed by atoms with Crippen molar-refractivity contribution >= 4 is 21.7 Å². The molecule has 0 aromatic heterocycles. The summed E-state index contributed by atoms with van der Waals surface area (Å²) >= 11 is 0. The number of hydrogen-bond donors (Lipinski definition) is 1. The lowest BCUT2D eigenvalue weighted by atomic mass is 9.86. The Morgan fingerprint density at radius 3 is 1.67 bits per heavy atom. The Balaban J connectivity index is 0.000000190. The van der Waals surface area contributed by atoms with Crippen molar-refractivity contribution in [2.24, 2.45) is 0 Å². The summed E-state index contributed by atoms with van der Waals surface area (Å²) in [5.74, 6) is -0.687. The van der Waals surface area contributed by atoms with Gasteiger partial charge in [-0.25, -0.2) is 0 Å². The molecule has 0 radical (unpaired) electrons. The van der Waals surface area contributed by atoms with E-state index >= 15 is 0 Å². The zero-order valence-electron chi connectivity index (χ0n) is 30.9. The predicted octanol–water partition coefficient (Wildman–Crippen LogP) is 7.12. The number of aryl methyl sites for hydroxylation is 2. The summed E-state index contributed by atoms with van der Waals surface area (Å²) in [5.41, 5.74) is -0.801. The van der Waals surface area contributed by atoms with Gasteiger partial charge in [-0.2, -0.15) is 34.8 Å². The van der Waals surface area contributed by atoms with Crippen LogP contribution in [0, 0.1) is 0 Å². The van der Waals surface area contributed by atoms with Crippen LogP contribution in [0.4, 0.5) is 32.0 Å². The Labute approximate surface area is 318 Å². The molecule has 2 atom stereocenters. The van der Waals surface area contributed by atoms with Gasteiger partial charge >= 0.3 is 21.8 Å². The highest BCUT2D eigenvalue weighted by molar-refractivity contribution is 7.88. The first kappa shape index (κ1) is 40.9. The minimum Gasteiger partial charge on any atom is -0.376 e. The van der Waals surface area contributed by atoms with Crippen LogP contribution in [0.3, 0.4) is 0 Å². The number of nitrogens with zero attached hydrogens (tertiary/aromatic N) is 4. The van der Waals surface area contributed by atoms with E-state index in [9.17, 15) is 39.6 Å². The second kappa shape index (κ2) is 16.8. The number of carbonyl (C=O) groups is 1. The Kier molecular flexibility index (Phi) is 12.5. The van der Waals surface area contributed by atoms with E-state index in [-0.39, 0.29) is 17.4 Å². The van der Waals surface area contributed by atoms with Crippen LogP contribution < -0.4 is 9.50 Å². The van der Waals surface area contributed by atoms with Crippen LogP contribution >= 0.6 is 0 Å². The number of likely N-dealkylation sites (N-methyl/N-ethyl adjacent to an activating group) is 2. The minimum absolute atomic E-state index is 0.0922. The molecule has 0 bridgehead atoms. The third kappa shape index (κ3) is 10.0. The number of nitrogens with one attached hydrogen (secondary N) is 1. The summed E-state index contributed by atoms with van der Waals surface area (Å²) in [4.78, 5) is 22.0. The largest absolute Gasteiger partial charge is 0.534 e. The quantitative estimate of drug-likeness (QED) is 0.161. The molecule has 55 heavy (non-hydrogen) atoms. The molecule has 16 heteroatoms. The monoisotopic (exact) mass is 795 g/mol. The van der Waals surface area contributed by atoms with Gasteiger partial charge < -0.3 is 19.3 Å². The van der Waals surface area contributed by atoms with Crippen LogP contribution in [0.25, 0.3) is 0 Å². The molecule has 3 aromatic rings. The van der Waals surface area contributed by atoms with Crippen molar-refractivity contribution in [3.63, 3.8) is 0 Å². The van der Waals surface area contributed by atoms with Gasteiger partial charge in [0.25, 0.3) is 5.91 Å². The molecule has 7 rings (SSSR count). The number of hydrogen-bond acceptors (Lipinski definition) is 8. The number of amides is 1. The van der Waals surface area contributed by atoms with Gasteiger partial charge in [0.15, 0.2) is 0 Å². The van der Waals surface area contributed by atoms with E-state index < -0.39 is 33.3 Å². The van der Waals surface area contributed by atoms with Crippen molar-refractivity contribution in [1.82, 2.24) is 19.6 Å². The summed E-state index contributed by atoms with van der Waals surface area (Å²) in [5, 5.41) is 2.85. The molecule has 0 spiro atoms. The Bertz CT molecular complexity index is 1910. The lowest BCUT2D eigenvalue weighted by Crippen LogP contribution is -2.46. The Hall–Kier alpha value is -3.70. The average molecular weight is 796 g/mol. The minimum atomic E-state index is -5.65. The maximum Gasteiger partial charge on any atom is 0.534 e. The molecular weight excluding hydrogens is 749 g/mol. The summed E-state index contributed by atoms with van der Waals surface area (Å²) in [6, 6.07) is 15.2. The maximum atomic E-state index is 12.7. The molecule has 2 aliphatic heterocycles. The van der Waals surface area contributed by atoms with Crippen molar-refractivity contribution in [1.29, 1.82) is 0 Å². The van der Waals surface area contributed by atoms with Gasteiger partial charge in [0.2, 0.25) is 0 Å². The van der Waals surface area contributed by atoms with E-state index in [2.05, 4.69) is 49.3 Å². The topological polar surface area (TPSA) is 85.4 Å². The van der Waals surface area contributed by atoms with E-state index in [0.29, 0.717) is 11.7 Å². The van der Waals surface area contributed by atoms with Crippen molar-refractivity contribution in [3.05, 3.63) is 94.0 Å². The molecule has 1 N–H and O–H groups in total. The van der Waals surface area contributed by atoms with Crippen LogP contribution in [0.2, 0.25) is 0 Å². The fourth-order valence-electron chi connectivity index (χ4n) is 7.87. The SMILES string of the molecule is CN1CCN(C2CCCc3ccc(NC(=O)c4ccc(C(F)(F)F)cc4)cc32)CC1.CN1CCN(C2CCCc3ccc(OS(=O)(=O)C(F)(F)F)cc32)CC1. The maximum absolute atomic E-state index is 12.7. The Morgan fingerprint density at radius 1 is 0.691 bits per heavy atom. The van der Waals surface area contributed by atoms with Gasteiger partial charge in [0.1, 0.15) is 5.75 Å². The third-order valence-electron chi connectivity index (χ3n) is 11.0. The number of benzene rings is 3. The molecule has 300 valence electrons. The normalized spacial score (nSPS) is 21.8. The van der Waals surface area contributed by atoms with E-state index in [1.54, 1.807) is 6.07 Å². The second-order valence-corrected chi connectivity index (χ2v) is 16.3. The summed E-state index contributed by atoms with van der Waals surface area (Å²) in [7, 11) is -1.45. The van der Waals surface area contributed by atoms with Gasteiger partial charge in [-0.05, 0) is 123 Å². The molecule has 4 aliphatic rings. The van der Waals surface area contributed by atoms with Gasteiger partial charge in [-0.1, -0.05) is 12.1 Å². The molecule has 2 heterocycles. The van der Waals surface area contributed by atoms with Crippen LogP contribution in [0.1, 0.15) is 75.9 Å². The number of anilines is 1. The molecule has 2 unspecified atom stereocenters. The smallest absolute Gasteiger partial charge is 0.376 e. The molecule has 2 aliphatic carbocycles. The van der Waals surface area contributed by atoms with Crippen LogP contribution in [0.15, 0.2) is 60.7 Å². The lowest BCUT2D eigenvalue weighted by Gasteiger charge is -2.40. The molecule has 2 fully saturated rings. The van der Waals surface area contributed by atoms with Crippen LogP contribution in [-0.4, -0.2) is 106 Å². The lowest BCUT2D eigenvalue weighted by molar-refractivity contribution is -0.137. The summed E-state index contributed by atoms with van der Waals surface area (Å²) in [6.45, 7) is 7.80. The number of fused-ring (bicyclic) bond motifs is 2. The van der Waals surface area contributed by atoms with Gasteiger partial charge in [-0.3, -0.25) is 14.6 Å². The van der Waals surface area contributed by atoms with Gasteiger partial charge in [0.05, 0.1) is 5.56 Å². The van der Waals surface area contributed by atoms with Crippen molar-refractivity contribution in [2.75, 3.05) is 71.8 Å². The third-order valence-corrected chi connectivity index (χ3v) is 12.0. The molecule has 9 nitrogen and oxygen atoms in total. The number of piperazine rings is 2. The van der Waals surface area contributed by atoms with Crippen LogP contribution in [-0.2, 0) is 29.1 Å².